The number of carbonyl (C=O) groups is 1. The molecule has 0 aliphatic heterocycles. The van der Waals surface area contributed by atoms with E-state index in [2.05, 4.69) is 38.7 Å². The van der Waals surface area contributed by atoms with Crippen LogP contribution in [-0.4, -0.2) is 28.3 Å². The third-order valence-corrected chi connectivity index (χ3v) is 7.73. The average Bonchev–Trinajstić information content (AvgIpc) is 2.86. The van der Waals surface area contributed by atoms with Crippen LogP contribution in [0.3, 0.4) is 0 Å². The Kier molecular flexibility index (Phi) is 7.39. The summed E-state index contributed by atoms with van der Waals surface area (Å²) >= 11 is 0. The Balaban J connectivity index is 1.74. The molecule has 4 rings (SSSR count). The molecule has 6 heteroatoms. The summed E-state index contributed by atoms with van der Waals surface area (Å²) in [5, 5.41) is 30.4. The van der Waals surface area contributed by atoms with Crippen LogP contribution in [0.2, 0.25) is 0 Å². The standard InChI is InChI=1S/C32H36FNO4/c1-31(2)14-15-32(3,4)29-25(31)17-22(18-26(29)34(5)19-21-6-10-23(33)11-7-21)27(35)13-9-20-8-12-24(30(37)38)28(36)16-20/h6-13,16-18,27,35-36H,14-15,19H2,1-5H3,(H,37,38). The number of hydrogen-bond donors (Lipinski definition) is 3. The second kappa shape index (κ2) is 10.3. The monoisotopic (exact) mass is 517 g/mol. The molecule has 0 bridgehead atoms. The number of carboxylic acid groups (broad SMARTS) is 1. The Morgan fingerprint density at radius 3 is 2.32 bits per heavy atom. The second-order valence-electron chi connectivity index (χ2n) is 11.6. The highest BCUT2D eigenvalue weighted by Crippen LogP contribution is 2.50. The number of aromatic hydroxyl groups is 1. The number of anilines is 1. The number of phenols is 1. The molecule has 1 aliphatic carbocycles. The molecule has 0 saturated carbocycles. The van der Waals surface area contributed by atoms with Crippen LogP contribution in [0, 0.1) is 5.82 Å². The van der Waals surface area contributed by atoms with Crippen molar-refractivity contribution in [2.45, 2.75) is 64.0 Å². The topological polar surface area (TPSA) is 81.0 Å². The Morgan fingerprint density at radius 2 is 1.68 bits per heavy atom. The fourth-order valence-electron chi connectivity index (χ4n) is 5.35. The van der Waals surface area contributed by atoms with E-state index in [4.69, 9.17) is 5.11 Å². The maximum absolute atomic E-state index is 13.5. The lowest BCUT2D eigenvalue weighted by molar-refractivity contribution is 0.0693. The predicted octanol–water partition coefficient (Wildman–Crippen LogP) is 6.96. The van der Waals surface area contributed by atoms with Gasteiger partial charge in [0.15, 0.2) is 0 Å². The van der Waals surface area contributed by atoms with Gasteiger partial charge >= 0.3 is 5.97 Å². The van der Waals surface area contributed by atoms with Crippen molar-refractivity contribution >= 4 is 17.7 Å². The van der Waals surface area contributed by atoms with Crippen molar-refractivity contribution in [3.05, 3.63) is 99.9 Å². The van der Waals surface area contributed by atoms with Gasteiger partial charge in [0.25, 0.3) is 0 Å². The normalized spacial score (nSPS) is 16.7. The van der Waals surface area contributed by atoms with Gasteiger partial charge in [-0.2, -0.15) is 0 Å². The number of benzene rings is 3. The largest absolute Gasteiger partial charge is 0.507 e. The third kappa shape index (κ3) is 5.60. The van der Waals surface area contributed by atoms with Gasteiger partial charge in [0.05, 0.1) is 6.10 Å². The van der Waals surface area contributed by atoms with Gasteiger partial charge in [-0.05, 0) is 81.8 Å². The molecule has 3 aromatic rings. The van der Waals surface area contributed by atoms with Crippen molar-refractivity contribution in [3.63, 3.8) is 0 Å². The molecule has 0 radical (unpaired) electrons. The second-order valence-corrected chi connectivity index (χ2v) is 11.6. The van der Waals surface area contributed by atoms with Crippen LogP contribution < -0.4 is 4.90 Å². The minimum absolute atomic E-state index is 0.0556. The number of fused-ring (bicyclic) bond motifs is 1. The first-order valence-corrected chi connectivity index (χ1v) is 12.9. The molecule has 0 saturated heterocycles. The van der Waals surface area contributed by atoms with Gasteiger partial charge in [0.2, 0.25) is 0 Å². The predicted molar refractivity (Wildman–Crippen MR) is 149 cm³/mol. The molecule has 3 N–H and O–H groups in total. The summed E-state index contributed by atoms with van der Waals surface area (Å²) in [6.07, 6.45) is 4.47. The summed E-state index contributed by atoms with van der Waals surface area (Å²) < 4.78 is 13.5. The van der Waals surface area contributed by atoms with Crippen LogP contribution in [0.25, 0.3) is 6.08 Å². The van der Waals surface area contributed by atoms with Crippen molar-refractivity contribution < 1.29 is 24.5 Å². The Morgan fingerprint density at radius 1 is 1.03 bits per heavy atom. The van der Waals surface area contributed by atoms with Gasteiger partial charge in [0, 0.05) is 19.3 Å². The van der Waals surface area contributed by atoms with E-state index >= 15 is 0 Å². The van der Waals surface area contributed by atoms with Crippen molar-refractivity contribution in [2.24, 2.45) is 0 Å². The highest BCUT2D eigenvalue weighted by molar-refractivity contribution is 5.91. The number of aliphatic hydroxyl groups is 1. The van der Waals surface area contributed by atoms with E-state index in [0.717, 1.165) is 29.7 Å². The third-order valence-electron chi connectivity index (χ3n) is 7.73. The van der Waals surface area contributed by atoms with Crippen molar-refractivity contribution in [2.75, 3.05) is 11.9 Å². The summed E-state index contributed by atoms with van der Waals surface area (Å²) in [7, 11) is 2.02. The quantitative estimate of drug-likeness (QED) is 0.316. The van der Waals surface area contributed by atoms with Gasteiger partial charge in [-0.25, -0.2) is 9.18 Å². The van der Waals surface area contributed by atoms with Crippen LogP contribution in [0.1, 0.15) is 84.8 Å². The first-order valence-electron chi connectivity index (χ1n) is 12.9. The number of rotatable bonds is 7. The van der Waals surface area contributed by atoms with Crippen LogP contribution in [-0.2, 0) is 17.4 Å². The van der Waals surface area contributed by atoms with Gasteiger partial charge in [-0.1, -0.05) is 64.1 Å². The van der Waals surface area contributed by atoms with Gasteiger partial charge in [-0.3, -0.25) is 0 Å². The fourth-order valence-corrected chi connectivity index (χ4v) is 5.35. The zero-order valence-electron chi connectivity index (χ0n) is 22.6. The Labute approximate surface area is 223 Å². The molecule has 1 atom stereocenters. The van der Waals surface area contributed by atoms with Gasteiger partial charge < -0.3 is 20.2 Å². The molecule has 200 valence electrons. The van der Waals surface area contributed by atoms with Crippen molar-refractivity contribution in [1.82, 2.24) is 0 Å². The number of carboxylic acids is 1. The van der Waals surface area contributed by atoms with E-state index in [9.17, 15) is 19.4 Å². The van der Waals surface area contributed by atoms with Gasteiger partial charge in [-0.15, -0.1) is 0 Å². The SMILES string of the molecule is CN(Cc1ccc(F)cc1)c1cc(C(O)C=Cc2ccc(C(=O)O)c(O)c2)cc2c1C(C)(C)CCC2(C)C. The van der Waals surface area contributed by atoms with E-state index in [-0.39, 0.29) is 28.0 Å². The summed E-state index contributed by atoms with van der Waals surface area (Å²) in [6.45, 7) is 9.60. The van der Waals surface area contributed by atoms with E-state index in [1.54, 1.807) is 30.4 Å². The highest BCUT2D eigenvalue weighted by Gasteiger charge is 2.40. The lowest BCUT2D eigenvalue weighted by atomic mass is 9.62. The number of halogens is 1. The molecule has 0 spiro atoms. The van der Waals surface area contributed by atoms with Crippen LogP contribution in [0.5, 0.6) is 5.75 Å². The summed E-state index contributed by atoms with van der Waals surface area (Å²) in [6, 6.07) is 15.0. The number of aliphatic hydroxyl groups excluding tert-OH is 1. The Hall–Kier alpha value is -3.64. The molecule has 1 unspecified atom stereocenters. The molecule has 5 nitrogen and oxygen atoms in total. The van der Waals surface area contributed by atoms with Crippen molar-refractivity contribution in [1.29, 1.82) is 0 Å². The summed E-state index contributed by atoms with van der Waals surface area (Å²) in [5.74, 6) is -1.79. The summed E-state index contributed by atoms with van der Waals surface area (Å²) in [4.78, 5) is 13.3. The van der Waals surface area contributed by atoms with E-state index in [1.165, 1.54) is 35.4 Å². The minimum atomic E-state index is -1.20. The molecule has 0 amide bonds. The minimum Gasteiger partial charge on any atom is -0.507 e. The molecule has 3 aromatic carbocycles. The molecular formula is C32H36FNO4. The molecule has 1 aliphatic rings. The number of hydrogen-bond acceptors (Lipinski definition) is 4. The van der Waals surface area contributed by atoms with Crippen LogP contribution in [0.15, 0.2) is 60.7 Å². The highest BCUT2D eigenvalue weighted by atomic mass is 19.1. The molecule has 38 heavy (non-hydrogen) atoms. The molecule has 0 aromatic heterocycles. The van der Waals surface area contributed by atoms with E-state index < -0.39 is 12.1 Å². The summed E-state index contributed by atoms with van der Waals surface area (Å²) in [5.41, 5.74) is 5.54. The van der Waals surface area contributed by atoms with Crippen molar-refractivity contribution in [3.8, 4) is 5.75 Å². The van der Waals surface area contributed by atoms with Crippen LogP contribution >= 0.6 is 0 Å². The number of aromatic carboxylic acids is 1. The van der Waals surface area contributed by atoms with Gasteiger partial charge in [0.1, 0.15) is 17.1 Å². The molecule has 0 heterocycles. The lowest BCUT2D eigenvalue weighted by Crippen LogP contribution is -2.36. The first kappa shape index (κ1) is 27.4. The fraction of sp³-hybridized carbons (Fsp3) is 0.344. The lowest BCUT2D eigenvalue weighted by Gasteiger charge is -2.44. The molecular weight excluding hydrogens is 481 g/mol. The maximum atomic E-state index is 13.5. The number of nitrogens with zero attached hydrogens (tertiary/aromatic N) is 1. The molecule has 0 fully saturated rings. The van der Waals surface area contributed by atoms with E-state index in [1.807, 2.05) is 13.1 Å². The Bertz CT molecular complexity index is 1370. The average molecular weight is 518 g/mol. The maximum Gasteiger partial charge on any atom is 0.339 e. The van der Waals surface area contributed by atoms with Crippen LogP contribution in [0.4, 0.5) is 10.1 Å². The zero-order chi connectivity index (χ0) is 27.8. The smallest absolute Gasteiger partial charge is 0.339 e. The first-order chi connectivity index (χ1) is 17.8. The van der Waals surface area contributed by atoms with E-state index in [0.29, 0.717) is 12.1 Å². The zero-order valence-corrected chi connectivity index (χ0v) is 22.6.